The van der Waals surface area contributed by atoms with Gasteiger partial charge in [-0.15, -0.1) is 0 Å². The van der Waals surface area contributed by atoms with Gasteiger partial charge in [-0.25, -0.2) is 0 Å². The summed E-state index contributed by atoms with van der Waals surface area (Å²) >= 11 is -3.89. The SMILES string of the molecule is Cc1cc[c]([Bi]([NH]S(=O)(=O)C(F)(F)F)[c]2ccccc2C2=NC(C)(C)CO2)cc1. The molecule has 0 aliphatic carbocycles. The molecule has 0 spiro atoms. The molecule has 1 N–H and O–H groups in total. The van der Waals surface area contributed by atoms with Gasteiger partial charge in [0.05, 0.1) is 0 Å². The van der Waals surface area contributed by atoms with Crippen LogP contribution in [0.3, 0.4) is 0 Å². The minimum absolute atomic E-state index is 0.323. The number of benzene rings is 2. The van der Waals surface area contributed by atoms with Crippen LogP contribution in [0.2, 0.25) is 0 Å². The van der Waals surface area contributed by atoms with Gasteiger partial charge >= 0.3 is 177 Å². The second-order valence-electron chi connectivity index (χ2n) is 7.25. The van der Waals surface area contributed by atoms with Crippen molar-refractivity contribution in [2.45, 2.75) is 31.8 Å². The van der Waals surface area contributed by atoms with E-state index in [0.29, 0.717) is 24.6 Å². The molecular weight excluding hydrogens is 602 g/mol. The number of aryl methyl sites for hydroxylation is 1. The summed E-state index contributed by atoms with van der Waals surface area (Å²) < 4.78 is 72.1. The van der Waals surface area contributed by atoms with E-state index in [1.54, 1.807) is 48.5 Å². The molecule has 0 fully saturated rings. The number of alkyl halides is 3. The number of aliphatic imine (C=N–C) groups is 1. The Balaban J connectivity index is 2.14. The van der Waals surface area contributed by atoms with Gasteiger partial charge in [-0.1, -0.05) is 0 Å². The Kier molecular flexibility index (Phi) is 6.09. The molecule has 1 aliphatic rings. The third kappa shape index (κ3) is 4.98. The van der Waals surface area contributed by atoms with E-state index in [1.807, 2.05) is 23.4 Å². The van der Waals surface area contributed by atoms with Crippen LogP contribution in [0.25, 0.3) is 0 Å². The van der Waals surface area contributed by atoms with Gasteiger partial charge < -0.3 is 0 Å². The van der Waals surface area contributed by atoms with Gasteiger partial charge in [0.25, 0.3) is 0 Å². The van der Waals surface area contributed by atoms with E-state index in [-0.39, 0.29) is 0 Å². The fraction of sp³-hybridized carbons (Fsp3) is 0.316. The standard InChI is InChI=1S/C11H12NO.C7H7.CHF3NO2S.Bi/c1-11(2)8-13-10(12-11)9-6-4-3-5-7-9;1-7-5-3-2-4-6-7;2-1(3,4)8(5,6)7;/h3-6H,8H2,1-2H3;3-6H,1H3;(H-,5,6,7);/q;;-1;+1. The quantitative estimate of drug-likeness (QED) is 0.520. The van der Waals surface area contributed by atoms with Crippen LogP contribution in [0.5, 0.6) is 0 Å². The number of nitrogens with one attached hydrogen (secondary N) is 1. The molecule has 0 saturated heterocycles. The molecule has 156 valence electrons. The molecular formula is C19H20BiF3N2O3S. The molecule has 29 heavy (non-hydrogen) atoms. The second-order valence-corrected chi connectivity index (χ2v) is 17.5. The maximum absolute atomic E-state index is 13.1. The van der Waals surface area contributed by atoms with E-state index >= 15 is 0 Å². The molecule has 2 aromatic carbocycles. The Hall–Kier alpha value is -1.51. The summed E-state index contributed by atoms with van der Waals surface area (Å²) in [5.74, 6) is 0.323. The van der Waals surface area contributed by atoms with Crippen molar-refractivity contribution in [3.8, 4) is 0 Å². The van der Waals surface area contributed by atoms with Gasteiger partial charge in [-0.05, 0) is 0 Å². The molecule has 0 bridgehead atoms. The number of rotatable bonds is 5. The van der Waals surface area contributed by atoms with Crippen molar-refractivity contribution >= 4 is 44.5 Å². The van der Waals surface area contributed by atoms with Crippen LogP contribution in [0, 0.1) is 6.92 Å². The number of nitrogens with zero attached hydrogens (tertiary/aromatic N) is 1. The van der Waals surface area contributed by atoms with Crippen molar-refractivity contribution in [3.05, 3.63) is 59.7 Å². The van der Waals surface area contributed by atoms with Crippen LogP contribution in [0.4, 0.5) is 13.2 Å². The molecule has 0 saturated carbocycles. The van der Waals surface area contributed by atoms with Gasteiger partial charge in [-0.3, -0.25) is 0 Å². The normalized spacial score (nSPS) is 16.6. The van der Waals surface area contributed by atoms with Crippen LogP contribution < -0.4 is 9.21 Å². The maximum atomic E-state index is 13.1. The molecule has 0 aromatic heterocycles. The Morgan fingerprint density at radius 1 is 1.10 bits per heavy atom. The summed E-state index contributed by atoms with van der Waals surface area (Å²) in [6, 6.07) is 13.7. The van der Waals surface area contributed by atoms with E-state index in [1.165, 1.54) is 0 Å². The van der Waals surface area contributed by atoms with Crippen molar-refractivity contribution in [1.29, 1.82) is 0 Å². The number of halogens is 3. The average molecular weight is 622 g/mol. The zero-order valence-electron chi connectivity index (χ0n) is 16.0. The van der Waals surface area contributed by atoms with Gasteiger partial charge in [-0.2, -0.15) is 0 Å². The van der Waals surface area contributed by atoms with Crippen LogP contribution in [-0.4, -0.2) is 54.0 Å². The molecule has 1 heterocycles. The van der Waals surface area contributed by atoms with Crippen molar-refractivity contribution in [3.63, 3.8) is 0 Å². The summed E-state index contributed by atoms with van der Waals surface area (Å²) in [5.41, 5.74) is -4.39. The number of sulfonamides is 1. The summed E-state index contributed by atoms with van der Waals surface area (Å²) in [6.45, 7) is 5.96. The molecule has 0 radical (unpaired) electrons. The monoisotopic (exact) mass is 622 g/mol. The van der Waals surface area contributed by atoms with Gasteiger partial charge in [0.15, 0.2) is 0 Å². The van der Waals surface area contributed by atoms with E-state index in [2.05, 4.69) is 4.99 Å². The summed E-state index contributed by atoms with van der Waals surface area (Å²) in [6.07, 6.45) is 0. The Labute approximate surface area is 176 Å². The van der Waals surface area contributed by atoms with Crippen molar-refractivity contribution < 1.29 is 26.3 Å². The molecule has 2 aromatic rings. The fourth-order valence-electron chi connectivity index (χ4n) is 2.68. The predicted molar refractivity (Wildman–Crippen MR) is 107 cm³/mol. The Morgan fingerprint density at radius 3 is 2.28 bits per heavy atom. The van der Waals surface area contributed by atoms with Crippen molar-refractivity contribution in [2.24, 2.45) is 4.99 Å². The molecule has 1 aliphatic heterocycles. The van der Waals surface area contributed by atoms with Crippen LogP contribution >= 0.6 is 0 Å². The number of hydrogen-bond donors (Lipinski definition) is 1. The average Bonchev–Trinajstić information content (AvgIpc) is 2.99. The first-order chi connectivity index (χ1) is 13.4. The minimum atomic E-state index is -5.51. The summed E-state index contributed by atoms with van der Waals surface area (Å²) in [7, 11) is -5.51. The van der Waals surface area contributed by atoms with Crippen molar-refractivity contribution in [2.75, 3.05) is 6.61 Å². The van der Waals surface area contributed by atoms with E-state index in [4.69, 9.17) is 4.74 Å². The zero-order chi connectivity index (χ0) is 21.4. The van der Waals surface area contributed by atoms with E-state index in [9.17, 15) is 21.6 Å². The summed E-state index contributed by atoms with van der Waals surface area (Å²) in [5, 5.41) is 0. The van der Waals surface area contributed by atoms with Crippen LogP contribution in [-0.2, 0) is 14.8 Å². The third-order valence-corrected chi connectivity index (χ3v) is 16.7. The molecule has 10 heteroatoms. The van der Waals surface area contributed by atoms with E-state index < -0.39 is 43.1 Å². The Morgan fingerprint density at radius 2 is 1.72 bits per heavy atom. The van der Waals surface area contributed by atoms with Crippen molar-refractivity contribution in [1.82, 2.24) is 2.67 Å². The fourth-order valence-corrected chi connectivity index (χ4v) is 14.9. The molecule has 3 rings (SSSR count). The third-order valence-electron chi connectivity index (χ3n) is 4.15. The molecule has 5 nitrogen and oxygen atoms in total. The predicted octanol–water partition coefficient (Wildman–Crippen LogP) is 2.10. The molecule has 0 atom stereocenters. The zero-order valence-corrected chi connectivity index (χ0v) is 20.3. The first-order valence-corrected chi connectivity index (χ1v) is 15.4. The number of ether oxygens (including phenoxy) is 1. The first kappa shape index (κ1) is 22.2. The molecule has 0 amide bonds. The number of hydrogen-bond acceptors (Lipinski definition) is 4. The molecule has 0 unspecified atom stereocenters. The topological polar surface area (TPSA) is 67.8 Å². The van der Waals surface area contributed by atoms with Crippen LogP contribution in [0.15, 0.2) is 53.5 Å². The van der Waals surface area contributed by atoms with E-state index in [0.717, 1.165) is 5.56 Å². The first-order valence-electron chi connectivity index (χ1n) is 8.67. The van der Waals surface area contributed by atoms with Crippen LogP contribution in [0.1, 0.15) is 25.0 Å². The second kappa shape index (κ2) is 7.97. The summed E-state index contributed by atoms with van der Waals surface area (Å²) in [4.78, 5) is 4.51. The Bertz CT molecular complexity index is 1040. The van der Waals surface area contributed by atoms with Gasteiger partial charge in [0, 0.05) is 0 Å². The van der Waals surface area contributed by atoms with Gasteiger partial charge in [0.1, 0.15) is 0 Å². The van der Waals surface area contributed by atoms with Gasteiger partial charge in [0.2, 0.25) is 0 Å².